The molecule has 11 aromatic rings. The van der Waals surface area contributed by atoms with Crippen molar-refractivity contribution in [2.24, 2.45) is 0 Å². The Bertz CT molecular complexity index is 3750. The number of hydrogen-bond donors (Lipinski definition) is 0. The van der Waals surface area contributed by atoms with Crippen molar-refractivity contribution < 1.29 is 0 Å². The summed E-state index contributed by atoms with van der Waals surface area (Å²) in [7, 11) is -2.95. The van der Waals surface area contributed by atoms with E-state index < -0.39 is 8.07 Å². The zero-order chi connectivity index (χ0) is 49.6. The Morgan fingerprint density at radius 1 is 0.329 bits per heavy atom. The second-order valence-corrected chi connectivity index (χ2v) is 25.9. The Labute approximate surface area is 431 Å². The van der Waals surface area contributed by atoms with E-state index in [0.717, 1.165) is 5.69 Å². The van der Waals surface area contributed by atoms with E-state index in [4.69, 9.17) is 0 Å². The van der Waals surface area contributed by atoms with Gasteiger partial charge in [-0.1, -0.05) is 230 Å². The van der Waals surface area contributed by atoms with Gasteiger partial charge in [0.15, 0.2) is 8.07 Å². The Balaban J connectivity index is 1.16. The van der Waals surface area contributed by atoms with E-state index in [2.05, 4.69) is 299 Å². The van der Waals surface area contributed by atoms with Crippen LogP contribution in [0.3, 0.4) is 0 Å². The van der Waals surface area contributed by atoms with Crippen molar-refractivity contribution >= 4 is 108 Å². The Kier molecular flexibility index (Phi) is 10.4. The van der Waals surface area contributed by atoms with Crippen LogP contribution >= 0.6 is 0 Å². The summed E-state index contributed by atoms with van der Waals surface area (Å²) in [5, 5.41) is 7.97. The van der Waals surface area contributed by atoms with Crippen LogP contribution in [0, 0.1) is 0 Å². The maximum atomic E-state index is 2.65. The molecule has 0 unspecified atom stereocenters. The van der Waals surface area contributed by atoms with Gasteiger partial charge in [-0.3, -0.25) is 0 Å². The normalized spacial score (nSPS) is 13.3. The summed E-state index contributed by atoms with van der Waals surface area (Å²) in [4.78, 5) is 5.22. The maximum absolute atomic E-state index is 2.95. The first-order valence-electron chi connectivity index (χ1n) is 25.9. The fraction of sp³-hybridized carbons (Fsp3) is 0.118. The fourth-order valence-corrected chi connectivity index (χ4v) is 17.5. The first-order chi connectivity index (χ1) is 35.5. The van der Waals surface area contributed by atoms with Crippen LogP contribution in [0.15, 0.2) is 243 Å². The van der Waals surface area contributed by atoms with Gasteiger partial charge in [-0.2, -0.15) is 0 Å². The topological polar surface area (TPSA) is 11.4 Å². The SMILES string of the molecule is CC(C)(C)c1ccccc1N1c2ccc([Si](c3ccccc3)(c3ccccc3)c3ccccc3)cc2B2c3ccc(-n4c5ccccc5c5ccccc54)cc3N(c3ccccc3C(C)(C)C)c3cccc1c32. The summed E-state index contributed by atoms with van der Waals surface area (Å²) in [5.41, 5.74) is 17.1. The molecular weight excluding hydrogens is 898 g/mol. The molecule has 0 bridgehead atoms. The minimum Gasteiger partial charge on any atom is -0.311 e. The van der Waals surface area contributed by atoms with Crippen molar-refractivity contribution in [3.8, 4) is 5.69 Å². The van der Waals surface area contributed by atoms with Gasteiger partial charge in [0.05, 0.1) is 11.0 Å². The molecule has 0 radical (unpaired) electrons. The lowest BCUT2D eigenvalue weighted by molar-refractivity contribution is 0.591. The molecule has 0 saturated carbocycles. The van der Waals surface area contributed by atoms with Gasteiger partial charge in [-0.05, 0) is 114 Å². The molecule has 10 aromatic carbocycles. The smallest absolute Gasteiger partial charge is 0.252 e. The summed E-state index contributed by atoms with van der Waals surface area (Å²) < 4.78 is 2.47. The van der Waals surface area contributed by atoms with E-state index >= 15 is 0 Å². The van der Waals surface area contributed by atoms with Gasteiger partial charge in [-0.25, -0.2) is 0 Å². The molecular formula is C68H58BN3Si. The highest BCUT2D eigenvalue weighted by molar-refractivity contribution is 7.20. The van der Waals surface area contributed by atoms with Crippen molar-refractivity contribution in [2.45, 2.75) is 52.4 Å². The van der Waals surface area contributed by atoms with Crippen LogP contribution in [0.2, 0.25) is 0 Å². The minimum atomic E-state index is -2.95. The van der Waals surface area contributed by atoms with Crippen LogP contribution in [0.5, 0.6) is 0 Å². The lowest BCUT2D eigenvalue weighted by Gasteiger charge is -2.46. The van der Waals surface area contributed by atoms with E-state index in [9.17, 15) is 0 Å². The van der Waals surface area contributed by atoms with Gasteiger partial charge in [0.25, 0.3) is 6.71 Å². The summed E-state index contributed by atoms with van der Waals surface area (Å²) >= 11 is 0. The number of aromatic nitrogens is 1. The molecule has 3 nitrogen and oxygen atoms in total. The highest BCUT2D eigenvalue weighted by Crippen LogP contribution is 2.48. The standard InChI is InChI=1S/C68H58BN3Si/c1-67(2,3)54-33-18-22-37-60(54)71-62-44-42-51(73(48-25-10-7-11-26-48,49-27-12-8-13-28-49)50-29-14-9-15-30-50)46-57(62)69-56-43-41-47(70-58-35-20-16-31-52(58)53-32-17-21-36-59(53)70)45-65(56)72(64-40-24-39-63(71)66(64)69)61-38-23-19-34-55(61)68(4,5)6/h7-46H,1-6H3. The molecule has 0 aliphatic carbocycles. The van der Waals surface area contributed by atoms with Gasteiger partial charge in [0.2, 0.25) is 0 Å². The number of rotatable bonds is 7. The predicted molar refractivity (Wildman–Crippen MR) is 316 cm³/mol. The molecule has 73 heavy (non-hydrogen) atoms. The third-order valence-electron chi connectivity index (χ3n) is 15.8. The van der Waals surface area contributed by atoms with Crippen molar-refractivity contribution in [1.82, 2.24) is 4.57 Å². The van der Waals surface area contributed by atoms with Crippen LogP contribution in [0.25, 0.3) is 27.5 Å². The molecule has 1 aromatic heterocycles. The first-order valence-corrected chi connectivity index (χ1v) is 27.9. The average Bonchev–Trinajstić information content (AvgIpc) is 3.76. The van der Waals surface area contributed by atoms with Crippen molar-refractivity contribution in [3.63, 3.8) is 0 Å². The number of fused-ring (bicyclic) bond motifs is 7. The monoisotopic (exact) mass is 955 g/mol. The average molecular weight is 956 g/mol. The zero-order valence-corrected chi connectivity index (χ0v) is 43.5. The highest BCUT2D eigenvalue weighted by atomic mass is 28.3. The summed E-state index contributed by atoms with van der Waals surface area (Å²) in [5.74, 6) is 0. The molecule has 0 atom stereocenters. The summed E-state index contributed by atoms with van der Waals surface area (Å²) in [6, 6.07) is 92.1. The molecule has 5 heteroatoms. The fourth-order valence-electron chi connectivity index (χ4n) is 12.7. The Morgan fingerprint density at radius 3 is 1.27 bits per heavy atom. The van der Waals surface area contributed by atoms with Gasteiger partial charge in [0.1, 0.15) is 0 Å². The number of nitrogens with zero attached hydrogens (tertiary/aromatic N) is 3. The molecule has 3 heterocycles. The Morgan fingerprint density at radius 2 is 0.767 bits per heavy atom. The molecule has 0 spiro atoms. The van der Waals surface area contributed by atoms with Gasteiger partial charge >= 0.3 is 0 Å². The molecule has 2 aliphatic rings. The zero-order valence-electron chi connectivity index (χ0n) is 42.5. The number of hydrogen-bond acceptors (Lipinski definition) is 2. The molecule has 0 fully saturated rings. The third kappa shape index (κ3) is 6.93. The van der Waals surface area contributed by atoms with Gasteiger partial charge in [0, 0.05) is 50.6 Å². The second-order valence-electron chi connectivity index (χ2n) is 22.1. The molecule has 0 amide bonds. The first kappa shape index (κ1) is 44.8. The van der Waals surface area contributed by atoms with Crippen molar-refractivity contribution in [2.75, 3.05) is 9.80 Å². The third-order valence-corrected chi connectivity index (χ3v) is 20.5. The van der Waals surface area contributed by atoms with Crippen molar-refractivity contribution in [1.29, 1.82) is 0 Å². The highest BCUT2D eigenvalue weighted by Gasteiger charge is 2.47. The largest absolute Gasteiger partial charge is 0.311 e. The maximum Gasteiger partial charge on any atom is 0.252 e. The quantitative estimate of drug-likeness (QED) is 0.116. The van der Waals surface area contributed by atoms with Crippen LogP contribution in [0.4, 0.5) is 34.1 Å². The van der Waals surface area contributed by atoms with Crippen LogP contribution in [-0.2, 0) is 10.8 Å². The van der Waals surface area contributed by atoms with E-state index in [1.165, 1.54) is 104 Å². The van der Waals surface area contributed by atoms with E-state index in [1.807, 2.05) is 0 Å². The molecule has 2 aliphatic heterocycles. The van der Waals surface area contributed by atoms with Crippen LogP contribution < -0.4 is 46.9 Å². The van der Waals surface area contributed by atoms with E-state index in [0.29, 0.717) is 0 Å². The second kappa shape index (κ2) is 17.0. The molecule has 0 N–H and O–H groups in total. The number of anilines is 6. The molecule has 0 saturated heterocycles. The lowest BCUT2D eigenvalue weighted by Crippen LogP contribution is -2.75. The van der Waals surface area contributed by atoms with Crippen LogP contribution in [-0.4, -0.2) is 19.4 Å². The van der Waals surface area contributed by atoms with E-state index in [1.54, 1.807) is 0 Å². The van der Waals surface area contributed by atoms with Gasteiger partial charge < -0.3 is 14.4 Å². The molecule has 13 rings (SSSR count). The predicted octanol–water partition coefficient (Wildman–Crippen LogP) is 12.8. The summed E-state index contributed by atoms with van der Waals surface area (Å²) in [6.45, 7) is 14.0. The van der Waals surface area contributed by atoms with Crippen LogP contribution in [0.1, 0.15) is 52.7 Å². The number of para-hydroxylation sites is 4. The lowest BCUT2D eigenvalue weighted by atomic mass is 9.33. The van der Waals surface area contributed by atoms with E-state index in [-0.39, 0.29) is 17.5 Å². The molecule has 352 valence electrons. The summed E-state index contributed by atoms with van der Waals surface area (Å²) in [6.07, 6.45) is 0. The van der Waals surface area contributed by atoms with Gasteiger partial charge in [-0.15, -0.1) is 0 Å². The van der Waals surface area contributed by atoms with Crippen molar-refractivity contribution in [3.05, 3.63) is 254 Å². The number of benzene rings is 10. The Hall–Kier alpha value is -8.12. The minimum absolute atomic E-state index is 0.0894.